The van der Waals surface area contributed by atoms with Crippen LogP contribution in [0.5, 0.6) is 34.5 Å². The normalized spacial score (nSPS) is 14.2. The number of anilines is 2. The Hall–Kier alpha value is -4.51. The van der Waals surface area contributed by atoms with Crippen molar-refractivity contribution in [3.05, 3.63) is 119 Å². The van der Waals surface area contributed by atoms with Crippen molar-refractivity contribution in [3.63, 3.8) is 0 Å². The molecule has 13 nitrogen and oxygen atoms in total. The molecule has 1 aliphatic heterocycles. The monoisotopic (exact) mass is 1220 g/mol. The van der Waals surface area contributed by atoms with Crippen molar-refractivity contribution in [1.82, 2.24) is 4.91 Å². The van der Waals surface area contributed by atoms with Gasteiger partial charge >= 0.3 is 144 Å². The average molecular weight is 1220 g/mol. The van der Waals surface area contributed by atoms with Crippen molar-refractivity contribution in [1.29, 1.82) is 0 Å². The van der Waals surface area contributed by atoms with Gasteiger partial charge in [-0.3, -0.25) is 9.69 Å². The Morgan fingerprint density at radius 1 is 0.605 bits per heavy atom. The Kier molecular flexibility index (Phi) is 24.1. The van der Waals surface area contributed by atoms with E-state index in [1.807, 2.05) is 12.1 Å². The molecule has 18 heteroatoms. The number of hydrogen-bond donors (Lipinski definition) is 1. The first-order valence-electron chi connectivity index (χ1n) is 26.1. The zero-order chi connectivity index (χ0) is 57.8. The first-order valence-corrected chi connectivity index (χ1v) is 42.4. The molecule has 1 N–H and O–H groups in total. The Balaban J connectivity index is 0.000000308. The Labute approximate surface area is 472 Å². The summed E-state index contributed by atoms with van der Waals surface area (Å²) >= 11 is -0.599. The van der Waals surface area contributed by atoms with Crippen molar-refractivity contribution in [2.24, 2.45) is 0 Å². The second-order valence-corrected chi connectivity index (χ2v) is 51.6. The van der Waals surface area contributed by atoms with E-state index < -0.39 is 66.6 Å². The number of hydrogen-bond acceptors (Lipinski definition) is 12. The van der Waals surface area contributed by atoms with E-state index in [-0.39, 0.29) is 18.6 Å². The van der Waals surface area contributed by atoms with Crippen LogP contribution in [0, 0.1) is 0 Å². The summed E-state index contributed by atoms with van der Waals surface area (Å²) in [6, 6.07) is 22.9. The van der Waals surface area contributed by atoms with Gasteiger partial charge in [0.25, 0.3) is 5.91 Å². The van der Waals surface area contributed by atoms with Crippen LogP contribution in [0.4, 0.5) is 11.4 Å². The molecule has 0 unspecified atom stereocenters. The van der Waals surface area contributed by atoms with Crippen LogP contribution in [0.1, 0.15) is 80.8 Å². The van der Waals surface area contributed by atoms with E-state index in [0.29, 0.717) is 68.9 Å². The topological polar surface area (TPSA) is 120 Å². The molecule has 0 spiro atoms. The van der Waals surface area contributed by atoms with Crippen LogP contribution in [0.2, 0.25) is 78.6 Å². The van der Waals surface area contributed by atoms with Gasteiger partial charge in [0.15, 0.2) is 23.0 Å². The Morgan fingerprint density at radius 3 is 1.29 bits per heavy atom. The summed E-state index contributed by atoms with van der Waals surface area (Å²) in [4.78, 5) is 26.7. The molecule has 1 aliphatic rings. The SMILES string of the molecule is C=C(C(=O)OCC)[C@@H](Nc1cc(OC)c(OC)c(OC)c1)c1ccc(C(C)C)cc1.C=C1C(=O)N(c2cc(OC)c(OC)c(OC)c2)[C@H]1c1ccc(C(C)C)cc1.C[Si](C)(C)[N]([Sn][N]([Si](C)(C)C)[Si](C)(C)C)[Si](C)(C)C. The van der Waals surface area contributed by atoms with Crippen LogP contribution in [0.15, 0.2) is 97.1 Å². The van der Waals surface area contributed by atoms with Crippen molar-refractivity contribution >= 4 is 77.9 Å². The molecule has 1 fully saturated rings. The van der Waals surface area contributed by atoms with Crippen molar-refractivity contribution in [3.8, 4) is 34.5 Å². The van der Waals surface area contributed by atoms with Crippen LogP contribution in [0.3, 0.4) is 0 Å². The Morgan fingerprint density at radius 2 is 0.961 bits per heavy atom. The molecule has 0 bridgehead atoms. The molecule has 0 saturated carbocycles. The predicted molar refractivity (Wildman–Crippen MR) is 328 cm³/mol. The zero-order valence-corrected chi connectivity index (χ0v) is 57.2. The predicted octanol–water partition coefficient (Wildman–Crippen LogP) is 14.1. The molecule has 0 aliphatic carbocycles. The molecule has 5 rings (SSSR count). The van der Waals surface area contributed by atoms with E-state index in [1.54, 1.807) is 78.7 Å². The summed E-state index contributed by atoms with van der Waals surface area (Å²) in [7, 11) is 4.65. The van der Waals surface area contributed by atoms with Crippen LogP contribution < -0.4 is 38.6 Å². The van der Waals surface area contributed by atoms with Gasteiger partial charge in [-0.25, -0.2) is 4.79 Å². The third-order valence-electron chi connectivity index (χ3n) is 12.6. The number of benzene rings is 4. The molecule has 1 saturated heterocycles. The zero-order valence-electron chi connectivity index (χ0n) is 50.4. The third kappa shape index (κ3) is 17.0. The number of carbonyl (C=O) groups excluding carboxylic acids is 2. The minimum absolute atomic E-state index is 0.109. The molecule has 0 aromatic heterocycles. The maximum atomic E-state index is 12.6. The standard InChI is InChI=1S/C24H31NO5.C22H25NO4.2C6H18NSi2.Sn/c1-8-30-24(26)16(4)22(18-11-9-17(10-12-18)15(2)3)25-19-13-20(27-5)23(29-7)21(14-19)28-6;1-13(2)15-7-9-16(10-8-15)20-14(3)22(24)23(20)17-11-18(25-4)21(27-6)19(12-17)26-5;2*1-8(2,3)7-9(4,5)6;/h9-15,22,25H,4,8H2,1-3,5-7H3;7-13,20H,3H2,1-2,4-6H3;2*1-6H3;/q;;2*-1;+2/t22-;20-;;;/m11.../s1. The number of carbonyl (C=O) groups is 2. The number of ether oxygens (including phenoxy) is 7. The molecular weight excluding hydrogens is 1130 g/mol. The van der Waals surface area contributed by atoms with Crippen LogP contribution >= 0.6 is 0 Å². The molecule has 2 atom stereocenters. The first-order chi connectivity index (χ1) is 35.2. The molecule has 2 radical (unpaired) electrons. The van der Waals surface area contributed by atoms with Crippen LogP contribution in [-0.2, 0) is 14.3 Å². The van der Waals surface area contributed by atoms with Gasteiger partial charge < -0.3 is 38.5 Å². The first kappa shape index (κ1) is 65.8. The van der Waals surface area contributed by atoms with Crippen LogP contribution in [0.25, 0.3) is 0 Å². The van der Waals surface area contributed by atoms with Crippen molar-refractivity contribution < 1.29 is 42.7 Å². The quantitative estimate of drug-likeness (QED) is 0.0349. The van der Waals surface area contributed by atoms with Gasteiger partial charge in [0.05, 0.1) is 72.6 Å². The summed E-state index contributed by atoms with van der Waals surface area (Å²) in [5.74, 6) is 3.33. The van der Waals surface area contributed by atoms with E-state index in [4.69, 9.17) is 33.2 Å². The van der Waals surface area contributed by atoms with Gasteiger partial charge in [-0.1, -0.05) is 89.4 Å². The van der Waals surface area contributed by atoms with Gasteiger partial charge in [-0.15, -0.1) is 0 Å². The van der Waals surface area contributed by atoms with E-state index in [0.717, 1.165) is 11.1 Å². The molecule has 1 heterocycles. The Bertz CT molecular complexity index is 2480. The van der Waals surface area contributed by atoms with Gasteiger partial charge in [0.1, 0.15) is 0 Å². The number of nitrogens with one attached hydrogen (secondary N) is 1. The summed E-state index contributed by atoms with van der Waals surface area (Å²) in [5, 5.41) is 3.37. The fraction of sp³-hybridized carbons (Fsp3) is 0.483. The molecule has 418 valence electrons. The van der Waals surface area contributed by atoms with Gasteiger partial charge in [-0.2, -0.15) is 0 Å². The average Bonchev–Trinajstić information content (AvgIpc) is 3.34. The number of amides is 1. The summed E-state index contributed by atoms with van der Waals surface area (Å²) in [5.41, 5.74) is 6.64. The van der Waals surface area contributed by atoms with E-state index >= 15 is 0 Å². The van der Waals surface area contributed by atoms with Gasteiger partial charge in [0.2, 0.25) is 11.5 Å². The molecule has 4 aromatic carbocycles. The van der Waals surface area contributed by atoms with Gasteiger partial charge in [-0.05, 0) is 41.0 Å². The summed E-state index contributed by atoms with van der Waals surface area (Å²) in [6.07, 6.45) is 0. The maximum absolute atomic E-state index is 12.6. The van der Waals surface area contributed by atoms with Crippen molar-refractivity contribution in [2.75, 3.05) is 59.5 Å². The molecule has 76 heavy (non-hydrogen) atoms. The fourth-order valence-electron chi connectivity index (χ4n) is 9.19. The second kappa shape index (κ2) is 27.9. The van der Waals surface area contributed by atoms with Gasteiger partial charge in [0, 0.05) is 35.5 Å². The number of β-lactam (4-membered cyclic amide) rings is 1. The third-order valence-corrected chi connectivity index (χ3v) is 52.8. The summed E-state index contributed by atoms with van der Waals surface area (Å²) in [6.45, 7) is 49.3. The van der Waals surface area contributed by atoms with Crippen LogP contribution in [-0.4, -0.2) is 121 Å². The van der Waals surface area contributed by atoms with Crippen molar-refractivity contribution in [2.45, 2.75) is 137 Å². The molecule has 1 amide bonds. The molecule has 4 aromatic rings. The number of rotatable bonds is 22. The minimum atomic E-state index is -1.17. The number of methoxy groups -OCH3 is 6. The van der Waals surface area contributed by atoms with E-state index in [1.165, 1.54) is 11.1 Å². The fourth-order valence-corrected chi connectivity index (χ4v) is 42.7. The number of nitrogens with zero attached hydrogens (tertiary/aromatic N) is 3. The van der Waals surface area contributed by atoms with E-state index in [9.17, 15) is 9.59 Å². The molecular formula is C58H92N4O9Si4Sn. The van der Waals surface area contributed by atoms with E-state index in [2.05, 4.69) is 166 Å². The second-order valence-electron chi connectivity index (χ2n) is 23.3. The summed E-state index contributed by atoms with van der Waals surface area (Å²) < 4.78 is 43.9. The number of esters is 1.